The summed E-state index contributed by atoms with van der Waals surface area (Å²) in [4.78, 5) is 19.4. The van der Waals surface area contributed by atoms with Crippen LogP contribution < -0.4 is 9.64 Å². The summed E-state index contributed by atoms with van der Waals surface area (Å²) in [5.74, 6) is 1.40. The van der Waals surface area contributed by atoms with Crippen LogP contribution in [0.5, 0.6) is 5.75 Å². The van der Waals surface area contributed by atoms with Gasteiger partial charge in [0.1, 0.15) is 5.75 Å². The monoisotopic (exact) mass is 303 g/mol. The van der Waals surface area contributed by atoms with Crippen LogP contribution in [0.3, 0.4) is 0 Å². The summed E-state index contributed by atoms with van der Waals surface area (Å²) in [6.45, 7) is 0. The Balaban J connectivity index is 1.79. The number of Topliss-reactive ketones (excluding diaryl/α,β-unsaturated/α-hetero) is 1. The minimum atomic E-state index is -0.476. The lowest BCUT2D eigenvalue weighted by molar-refractivity contribution is 0.0898. The van der Waals surface area contributed by atoms with E-state index in [0.29, 0.717) is 16.9 Å². The number of ketones is 1. The summed E-state index contributed by atoms with van der Waals surface area (Å²) in [6.07, 6.45) is 1.35. The quantitative estimate of drug-likeness (QED) is 0.640. The third-order valence-electron chi connectivity index (χ3n) is 4.36. The largest absolute Gasteiger partial charge is 0.465 e. The Morgan fingerprint density at radius 1 is 1.09 bits per heavy atom. The Labute approximate surface area is 132 Å². The number of carbonyl (C=O) groups is 1. The topological polar surface area (TPSA) is 47.4 Å². The Morgan fingerprint density at radius 2 is 1.87 bits per heavy atom. The first-order valence-electron chi connectivity index (χ1n) is 7.46. The number of ether oxygens (including phenoxy) is 1. The van der Waals surface area contributed by atoms with E-state index in [9.17, 15) is 4.79 Å². The number of carbonyl (C=O) groups excluding carboxylic acids is 1. The van der Waals surface area contributed by atoms with Gasteiger partial charge in [0, 0.05) is 13.2 Å². The van der Waals surface area contributed by atoms with Crippen LogP contribution in [0.25, 0.3) is 11.0 Å². The number of aromatic nitrogens is 2. The van der Waals surface area contributed by atoms with Crippen molar-refractivity contribution < 1.29 is 9.53 Å². The van der Waals surface area contributed by atoms with Gasteiger partial charge in [0.25, 0.3) is 0 Å². The van der Waals surface area contributed by atoms with E-state index >= 15 is 0 Å². The first-order chi connectivity index (χ1) is 11.2. The van der Waals surface area contributed by atoms with Crippen LogP contribution in [0.4, 0.5) is 5.95 Å². The van der Waals surface area contributed by atoms with Crippen molar-refractivity contribution in [2.24, 2.45) is 0 Å². The van der Waals surface area contributed by atoms with Gasteiger partial charge in [0.15, 0.2) is 5.78 Å². The van der Waals surface area contributed by atoms with E-state index in [1.807, 2.05) is 65.2 Å². The molecule has 112 valence electrons. The summed E-state index contributed by atoms with van der Waals surface area (Å²) in [6, 6.07) is 15.3. The summed E-state index contributed by atoms with van der Waals surface area (Å²) >= 11 is 0. The second kappa shape index (κ2) is 4.23. The minimum Gasteiger partial charge on any atom is -0.465 e. The van der Waals surface area contributed by atoms with Gasteiger partial charge >= 0.3 is 0 Å². The molecule has 0 saturated carbocycles. The molecule has 23 heavy (non-hydrogen) atoms. The Bertz CT molecular complexity index is 1000. The highest BCUT2D eigenvalue weighted by Crippen LogP contribution is 2.41. The maximum absolute atomic E-state index is 12.9. The van der Waals surface area contributed by atoms with Gasteiger partial charge in [-0.05, 0) is 24.3 Å². The van der Waals surface area contributed by atoms with Crippen molar-refractivity contribution in [3.05, 3.63) is 65.9 Å². The molecule has 0 spiro atoms. The molecule has 0 amide bonds. The van der Waals surface area contributed by atoms with Crippen molar-refractivity contribution in [2.45, 2.75) is 6.23 Å². The highest BCUT2D eigenvalue weighted by molar-refractivity contribution is 6.12. The number of nitrogens with zero attached hydrogens (tertiary/aromatic N) is 3. The fourth-order valence-electron chi connectivity index (χ4n) is 3.30. The number of rotatable bonds is 0. The molecule has 2 aliphatic heterocycles. The Morgan fingerprint density at radius 3 is 2.78 bits per heavy atom. The van der Waals surface area contributed by atoms with Crippen LogP contribution in [0.15, 0.2) is 60.3 Å². The second-order valence-electron chi connectivity index (χ2n) is 5.76. The maximum atomic E-state index is 12.9. The number of imidazole rings is 1. The van der Waals surface area contributed by atoms with Crippen molar-refractivity contribution in [1.29, 1.82) is 0 Å². The first-order valence-corrected chi connectivity index (χ1v) is 7.46. The molecule has 1 aromatic heterocycles. The lowest BCUT2D eigenvalue weighted by Gasteiger charge is -2.34. The van der Waals surface area contributed by atoms with Gasteiger partial charge in [-0.15, -0.1) is 0 Å². The van der Waals surface area contributed by atoms with Crippen molar-refractivity contribution in [3.63, 3.8) is 0 Å². The molecule has 1 unspecified atom stereocenters. The minimum absolute atomic E-state index is 0.00660. The van der Waals surface area contributed by atoms with Crippen molar-refractivity contribution in [1.82, 2.24) is 9.55 Å². The predicted octanol–water partition coefficient (Wildman–Crippen LogP) is 3.14. The molecule has 0 bridgehead atoms. The molecule has 5 heteroatoms. The lowest BCUT2D eigenvalue weighted by atomic mass is 9.98. The van der Waals surface area contributed by atoms with E-state index in [-0.39, 0.29) is 5.78 Å². The summed E-state index contributed by atoms with van der Waals surface area (Å²) in [7, 11) is 1.90. The number of benzene rings is 2. The van der Waals surface area contributed by atoms with Crippen LogP contribution in [-0.4, -0.2) is 22.4 Å². The molecule has 3 heterocycles. The van der Waals surface area contributed by atoms with E-state index < -0.39 is 6.23 Å². The zero-order valence-corrected chi connectivity index (χ0v) is 12.4. The smallest absolute Gasteiger partial charge is 0.213 e. The molecule has 2 aromatic carbocycles. The third-order valence-corrected chi connectivity index (χ3v) is 4.36. The van der Waals surface area contributed by atoms with Crippen LogP contribution in [0.2, 0.25) is 0 Å². The normalized spacial score (nSPS) is 18.8. The van der Waals surface area contributed by atoms with E-state index in [4.69, 9.17) is 4.74 Å². The molecule has 0 fully saturated rings. The van der Waals surface area contributed by atoms with Gasteiger partial charge in [0.2, 0.25) is 12.2 Å². The molecule has 3 aromatic rings. The SMILES string of the molecule is CN1C=C2C(=O)c3ccccc3OC2n2c1nc1ccccc12. The maximum Gasteiger partial charge on any atom is 0.213 e. The molecular weight excluding hydrogens is 290 g/mol. The molecule has 5 rings (SSSR count). The molecule has 5 nitrogen and oxygen atoms in total. The number of fused-ring (bicyclic) bond motifs is 6. The van der Waals surface area contributed by atoms with Gasteiger partial charge in [-0.25, -0.2) is 4.98 Å². The number of hydrogen-bond donors (Lipinski definition) is 0. The third kappa shape index (κ3) is 1.56. The molecule has 0 aliphatic carbocycles. The van der Waals surface area contributed by atoms with Gasteiger partial charge in [-0.1, -0.05) is 24.3 Å². The van der Waals surface area contributed by atoms with E-state index in [2.05, 4.69) is 4.98 Å². The van der Waals surface area contributed by atoms with Gasteiger partial charge in [-0.3, -0.25) is 9.36 Å². The Hall–Kier alpha value is -3.08. The standard InChI is InChI=1S/C18H13N3O2/c1-20-10-12-16(22)11-6-2-5-9-15(11)23-17(12)21-14-8-4-3-7-13(14)19-18(20)21/h2-10,17H,1H3. The number of anilines is 1. The van der Waals surface area contributed by atoms with Crippen LogP contribution in [0, 0.1) is 0 Å². The first kappa shape index (κ1) is 12.5. The lowest BCUT2D eigenvalue weighted by Crippen LogP contribution is -2.35. The van der Waals surface area contributed by atoms with Gasteiger partial charge < -0.3 is 9.64 Å². The van der Waals surface area contributed by atoms with Crippen LogP contribution in [0.1, 0.15) is 16.6 Å². The highest BCUT2D eigenvalue weighted by atomic mass is 16.5. The Kier molecular flexibility index (Phi) is 2.29. The summed E-state index contributed by atoms with van der Waals surface area (Å²) < 4.78 is 8.14. The fraction of sp³-hybridized carbons (Fsp3) is 0.111. The van der Waals surface area contributed by atoms with Crippen molar-refractivity contribution in [2.75, 3.05) is 11.9 Å². The average molecular weight is 303 g/mol. The van der Waals surface area contributed by atoms with Crippen LogP contribution in [-0.2, 0) is 0 Å². The van der Waals surface area contributed by atoms with Crippen molar-refractivity contribution >= 4 is 22.8 Å². The van der Waals surface area contributed by atoms with Gasteiger partial charge in [-0.2, -0.15) is 0 Å². The fourth-order valence-corrected chi connectivity index (χ4v) is 3.30. The molecule has 0 saturated heterocycles. The average Bonchev–Trinajstić information content (AvgIpc) is 2.97. The van der Waals surface area contributed by atoms with Gasteiger partial charge in [0.05, 0.1) is 22.2 Å². The van der Waals surface area contributed by atoms with E-state index in [0.717, 1.165) is 17.0 Å². The van der Waals surface area contributed by atoms with Crippen LogP contribution >= 0.6 is 0 Å². The van der Waals surface area contributed by atoms with E-state index in [1.165, 1.54) is 0 Å². The zero-order chi connectivity index (χ0) is 15.6. The molecule has 0 N–H and O–H groups in total. The highest BCUT2D eigenvalue weighted by Gasteiger charge is 2.38. The predicted molar refractivity (Wildman–Crippen MR) is 86.7 cm³/mol. The molecule has 0 radical (unpaired) electrons. The molecular formula is C18H13N3O2. The number of hydrogen-bond acceptors (Lipinski definition) is 4. The summed E-state index contributed by atoms with van der Waals surface area (Å²) in [5, 5.41) is 0. The summed E-state index contributed by atoms with van der Waals surface area (Å²) in [5.41, 5.74) is 3.08. The molecule has 1 atom stereocenters. The second-order valence-corrected chi connectivity index (χ2v) is 5.76. The van der Waals surface area contributed by atoms with Crippen molar-refractivity contribution in [3.8, 4) is 5.75 Å². The number of para-hydroxylation sites is 3. The zero-order valence-electron chi connectivity index (χ0n) is 12.4. The van der Waals surface area contributed by atoms with E-state index in [1.54, 1.807) is 6.07 Å². The molecule has 2 aliphatic rings.